The summed E-state index contributed by atoms with van der Waals surface area (Å²) < 4.78 is 7.49. The number of hydrogen-bond donors (Lipinski definition) is 1. The van der Waals surface area contributed by atoms with Gasteiger partial charge in [0.2, 0.25) is 11.9 Å². The number of morpholine rings is 1. The molecule has 0 bridgehead atoms. The van der Waals surface area contributed by atoms with Gasteiger partial charge in [-0.05, 0) is 6.42 Å². The number of anilines is 2. The fourth-order valence-electron chi connectivity index (χ4n) is 2.90. The van der Waals surface area contributed by atoms with Crippen molar-refractivity contribution in [2.75, 3.05) is 36.9 Å². The molecule has 4 rings (SSSR count). The standard InChI is InChI=1S/C16H20N8O/c1-2-3-24-10-20-13-12(11-8-18-15(17)19-9-11)21-16(22-14(13)24)23-4-6-25-7-5-23/h8-10H,2-7H2,1H3,(H2,17,18,19). The average molecular weight is 340 g/mol. The Morgan fingerprint density at radius 3 is 2.60 bits per heavy atom. The molecule has 0 aromatic carbocycles. The van der Waals surface area contributed by atoms with E-state index >= 15 is 0 Å². The zero-order valence-corrected chi connectivity index (χ0v) is 14.1. The van der Waals surface area contributed by atoms with Gasteiger partial charge in [0, 0.05) is 37.6 Å². The maximum Gasteiger partial charge on any atom is 0.228 e. The van der Waals surface area contributed by atoms with Crippen LogP contribution in [0.3, 0.4) is 0 Å². The van der Waals surface area contributed by atoms with E-state index in [1.807, 2.05) is 6.33 Å². The van der Waals surface area contributed by atoms with E-state index in [1.165, 1.54) is 0 Å². The highest BCUT2D eigenvalue weighted by atomic mass is 16.5. The smallest absolute Gasteiger partial charge is 0.228 e. The van der Waals surface area contributed by atoms with E-state index < -0.39 is 0 Å². The molecule has 0 spiro atoms. The van der Waals surface area contributed by atoms with E-state index in [2.05, 4.69) is 31.3 Å². The zero-order chi connectivity index (χ0) is 17.2. The summed E-state index contributed by atoms with van der Waals surface area (Å²) >= 11 is 0. The summed E-state index contributed by atoms with van der Waals surface area (Å²) in [5.74, 6) is 0.916. The number of nitrogens with two attached hydrogens (primary N) is 1. The molecule has 9 heteroatoms. The van der Waals surface area contributed by atoms with Gasteiger partial charge >= 0.3 is 0 Å². The highest BCUT2D eigenvalue weighted by molar-refractivity contribution is 5.88. The van der Waals surface area contributed by atoms with Crippen molar-refractivity contribution in [3.05, 3.63) is 18.7 Å². The minimum Gasteiger partial charge on any atom is -0.378 e. The van der Waals surface area contributed by atoms with Gasteiger partial charge in [0.25, 0.3) is 0 Å². The average Bonchev–Trinajstić information content (AvgIpc) is 3.06. The molecule has 1 saturated heterocycles. The van der Waals surface area contributed by atoms with Crippen LogP contribution in [0, 0.1) is 0 Å². The molecule has 1 aliphatic heterocycles. The lowest BCUT2D eigenvalue weighted by Gasteiger charge is -2.27. The molecule has 0 unspecified atom stereocenters. The lowest BCUT2D eigenvalue weighted by molar-refractivity contribution is 0.122. The fraction of sp³-hybridized carbons (Fsp3) is 0.438. The Morgan fingerprint density at radius 1 is 1.12 bits per heavy atom. The van der Waals surface area contributed by atoms with E-state index in [4.69, 9.17) is 20.4 Å². The summed E-state index contributed by atoms with van der Waals surface area (Å²) in [6.45, 7) is 5.88. The minimum absolute atomic E-state index is 0.235. The Bertz CT molecular complexity index is 870. The van der Waals surface area contributed by atoms with E-state index in [-0.39, 0.29) is 5.95 Å². The number of imidazole rings is 1. The maximum atomic E-state index is 5.61. The van der Waals surface area contributed by atoms with Crippen LogP contribution in [-0.2, 0) is 11.3 Å². The van der Waals surface area contributed by atoms with Crippen LogP contribution in [-0.4, -0.2) is 55.8 Å². The number of fused-ring (bicyclic) bond motifs is 1. The Kier molecular flexibility index (Phi) is 4.14. The van der Waals surface area contributed by atoms with Crippen LogP contribution in [0.25, 0.3) is 22.4 Å². The summed E-state index contributed by atoms with van der Waals surface area (Å²) in [6.07, 6.45) is 6.16. The summed E-state index contributed by atoms with van der Waals surface area (Å²) in [4.78, 5) is 24.4. The van der Waals surface area contributed by atoms with Crippen molar-refractivity contribution in [1.29, 1.82) is 0 Å². The quantitative estimate of drug-likeness (QED) is 0.752. The first-order chi connectivity index (χ1) is 12.3. The van der Waals surface area contributed by atoms with Gasteiger partial charge in [-0.25, -0.2) is 19.9 Å². The van der Waals surface area contributed by atoms with Crippen LogP contribution in [0.4, 0.5) is 11.9 Å². The predicted molar refractivity (Wildman–Crippen MR) is 94.1 cm³/mol. The van der Waals surface area contributed by atoms with Gasteiger partial charge < -0.3 is 19.9 Å². The third kappa shape index (κ3) is 2.98. The van der Waals surface area contributed by atoms with Crippen LogP contribution in [0.2, 0.25) is 0 Å². The molecule has 130 valence electrons. The summed E-state index contributed by atoms with van der Waals surface area (Å²) in [5.41, 5.74) is 8.68. The van der Waals surface area contributed by atoms with Gasteiger partial charge in [-0.1, -0.05) is 6.92 Å². The second-order valence-electron chi connectivity index (χ2n) is 5.91. The summed E-state index contributed by atoms with van der Waals surface area (Å²) in [5, 5.41) is 0. The molecule has 0 radical (unpaired) electrons. The van der Waals surface area contributed by atoms with Crippen LogP contribution in [0.1, 0.15) is 13.3 Å². The number of nitrogens with zero attached hydrogens (tertiary/aromatic N) is 7. The molecule has 25 heavy (non-hydrogen) atoms. The molecule has 2 N–H and O–H groups in total. The normalized spacial score (nSPS) is 15.0. The third-order valence-electron chi connectivity index (χ3n) is 4.16. The molecule has 0 atom stereocenters. The number of rotatable bonds is 4. The number of aromatic nitrogens is 6. The van der Waals surface area contributed by atoms with Crippen molar-refractivity contribution in [3.63, 3.8) is 0 Å². The van der Waals surface area contributed by atoms with Crippen molar-refractivity contribution in [2.45, 2.75) is 19.9 Å². The molecule has 0 amide bonds. The van der Waals surface area contributed by atoms with Crippen molar-refractivity contribution in [1.82, 2.24) is 29.5 Å². The molecule has 0 aliphatic carbocycles. The molecule has 3 aromatic heterocycles. The molecule has 1 fully saturated rings. The van der Waals surface area contributed by atoms with Crippen LogP contribution >= 0.6 is 0 Å². The first kappa shape index (κ1) is 15.7. The Morgan fingerprint density at radius 2 is 1.88 bits per heavy atom. The van der Waals surface area contributed by atoms with Crippen molar-refractivity contribution < 1.29 is 4.74 Å². The largest absolute Gasteiger partial charge is 0.378 e. The topological polar surface area (TPSA) is 108 Å². The summed E-state index contributed by atoms with van der Waals surface area (Å²) in [7, 11) is 0. The third-order valence-corrected chi connectivity index (χ3v) is 4.16. The van der Waals surface area contributed by atoms with Gasteiger partial charge in [-0.3, -0.25) is 0 Å². The van der Waals surface area contributed by atoms with Crippen molar-refractivity contribution >= 4 is 23.1 Å². The zero-order valence-electron chi connectivity index (χ0n) is 14.1. The SMILES string of the molecule is CCCn1cnc2c(-c3cnc(N)nc3)nc(N3CCOCC3)nc21. The van der Waals surface area contributed by atoms with Crippen molar-refractivity contribution in [3.8, 4) is 11.3 Å². The molecule has 0 saturated carbocycles. The molecular weight excluding hydrogens is 320 g/mol. The Hall–Kier alpha value is -2.81. The van der Waals surface area contributed by atoms with Gasteiger partial charge in [-0.15, -0.1) is 0 Å². The number of ether oxygens (including phenoxy) is 1. The van der Waals surface area contributed by atoms with Gasteiger partial charge in [-0.2, -0.15) is 4.98 Å². The molecule has 3 aromatic rings. The minimum atomic E-state index is 0.235. The van der Waals surface area contributed by atoms with E-state index in [1.54, 1.807) is 12.4 Å². The molecular formula is C16H20N8O. The Labute approximate surface area is 144 Å². The second kappa shape index (κ2) is 6.60. The Balaban J connectivity index is 1.88. The monoisotopic (exact) mass is 340 g/mol. The lowest BCUT2D eigenvalue weighted by Crippen LogP contribution is -2.37. The van der Waals surface area contributed by atoms with Crippen LogP contribution < -0.4 is 10.6 Å². The summed E-state index contributed by atoms with van der Waals surface area (Å²) in [6, 6.07) is 0. The highest BCUT2D eigenvalue weighted by Crippen LogP contribution is 2.27. The molecule has 4 heterocycles. The second-order valence-corrected chi connectivity index (χ2v) is 5.91. The lowest BCUT2D eigenvalue weighted by atomic mass is 10.2. The van der Waals surface area contributed by atoms with Crippen LogP contribution in [0.15, 0.2) is 18.7 Å². The highest BCUT2D eigenvalue weighted by Gasteiger charge is 2.20. The fourth-order valence-corrected chi connectivity index (χ4v) is 2.90. The van der Waals surface area contributed by atoms with Gasteiger partial charge in [0.15, 0.2) is 5.65 Å². The first-order valence-electron chi connectivity index (χ1n) is 8.39. The number of nitrogen functional groups attached to an aromatic ring is 1. The predicted octanol–water partition coefficient (Wildman–Crippen LogP) is 1.11. The van der Waals surface area contributed by atoms with E-state index in [0.717, 1.165) is 48.5 Å². The number of aryl methyl sites for hydroxylation is 1. The van der Waals surface area contributed by atoms with Gasteiger partial charge in [0.1, 0.15) is 11.2 Å². The van der Waals surface area contributed by atoms with E-state index in [9.17, 15) is 0 Å². The molecule has 1 aliphatic rings. The number of hydrogen-bond acceptors (Lipinski definition) is 8. The van der Waals surface area contributed by atoms with Crippen molar-refractivity contribution in [2.24, 2.45) is 0 Å². The van der Waals surface area contributed by atoms with E-state index in [0.29, 0.717) is 19.2 Å². The maximum absolute atomic E-state index is 5.61. The molecule has 9 nitrogen and oxygen atoms in total. The van der Waals surface area contributed by atoms with Gasteiger partial charge in [0.05, 0.1) is 19.5 Å². The van der Waals surface area contributed by atoms with Crippen LogP contribution in [0.5, 0.6) is 0 Å². The first-order valence-corrected chi connectivity index (χ1v) is 8.39.